The van der Waals surface area contributed by atoms with Gasteiger partial charge in [-0.3, -0.25) is 4.79 Å². The van der Waals surface area contributed by atoms with Crippen LogP contribution in [0, 0.1) is 6.92 Å². The zero-order valence-electron chi connectivity index (χ0n) is 8.41. The number of nitrogens with one attached hydrogen (secondary N) is 1. The van der Waals surface area contributed by atoms with Gasteiger partial charge in [0.25, 0.3) is 5.91 Å². The monoisotopic (exact) mass is 197 g/mol. The second-order valence-electron chi connectivity index (χ2n) is 3.17. The third kappa shape index (κ3) is 2.60. The van der Waals surface area contributed by atoms with E-state index in [0.717, 1.165) is 0 Å². The molecule has 14 heavy (non-hydrogen) atoms. The minimum absolute atomic E-state index is 0.0536. The molecule has 1 aromatic heterocycles. The van der Waals surface area contributed by atoms with Crippen LogP contribution in [-0.4, -0.2) is 23.7 Å². The quantitative estimate of drug-likeness (QED) is 0.759. The Balaban J connectivity index is 2.58. The van der Waals surface area contributed by atoms with Crippen molar-refractivity contribution in [2.45, 2.75) is 26.3 Å². The summed E-state index contributed by atoms with van der Waals surface area (Å²) >= 11 is 0. The highest BCUT2D eigenvalue weighted by atomic mass is 16.3. The van der Waals surface area contributed by atoms with E-state index in [9.17, 15) is 4.79 Å². The third-order valence-electron chi connectivity index (χ3n) is 2.01. The summed E-state index contributed by atoms with van der Waals surface area (Å²) in [6, 6.07) is 3.15. The van der Waals surface area contributed by atoms with Crippen molar-refractivity contribution in [2.75, 3.05) is 6.61 Å². The second kappa shape index (κ2) is 4.81. The number of amides is 1. The zero-order valence-corrected chi connectivity index (χ0v) is 8.41. The Morgan fingerprint density at radius 3 is 2.79 bits per heavy atom. The molecule has 0 aromatic carbocycles. The van der Waals surface area contributed by atoms with Crippen LogP contribution < -0.4 is 5.32 Å². The minimum atomic E-state index is -0.279. The highest BCUT2D eigenvalue weighted by molar-refractivity contribution is 5.91. The van der Waals surface area contributed by atoms with Gasteiger partial charge in [-0.25, -0.2) is 0 Å². The molecule has 4 heteroatoms. The first-order valence-electron chi connectivity index (χ1n) is 4.65. The lowest BCUT2D eigenvalue weighted by Gasteiger charge is -2.12. The highest BCUT2D eigenvalue weighted by Gasteiger charge is 2.13. The maximum absolute atomic E-state index is 11.5. The van der Waals surface area contributed by atoms with Crippen molar-refractivity contribution in [1.29, 1.82) is 0 Å². The lowest BCUT2D eigenvalue weighted by molar-refractivity contribution is 0.0885. The fourth-order valence-corrected chi connectivity index (χ4v) is 1.09. The third-order valence-corrected chi connectivity index (χ3v) is 2.01. The highest BCUT2D eigenvalue weighted by Crippen LogP contribution is 2.06. The molecule has 1 rings (SSSR count). The van der Waals surface area contributed by atoms with Crippen LogP contribution in [0.3, 0.4) is 0 Å². The van der Waals surface area contributed by atoms with E-state index in [2.05, 4.69) is 5.32 Å². The average molecular weight is 197 g/mol. The first-order chi connectivity index (χ1) is 6.67. The predicted octanol–water partition coefficient (Wildman–Crippen LogP) is 1.09. The largest absolute Gasteiger partial charge is 0.456 e. The number of rotatable bonds is 4. The predicted molar refractivity (Wildman–Crippen MR) is 52.1 cm³/mol. The van der Waals surface area contributed by atoms with E-state index < -0.39 is 0 Å². The Hall–Kier alpha value is -1.29. The molecule has 0 aliphatic carbocycles. The summed E-state index contributed by atoms with van der Waals surface area (Å²) in [7, 11) is 0. The van der Waals surface area contributed by atoms with Crippen molar-refractivity contribution in [2.24, 2.45) is 0 Å². The van der Waals surface area contributed by atoms with Gasteiger partial charge in [-0.1, -0.05) is 6.92 Å². The van der Waals surface area contributed by atoms with Crippen molar-refractivity contribution in [1.82, 2.24) is 5.32 Å². The molecule has 1 atom stereocenters. The minimum Gasteiger partial charge on any atom is -0.456 e. The van der Waals surface area contributed by atoms with Gasteiger partial charge in [0.1, 0.15) is 5.76 Å². The van der Waals surface area contributed by atoms with Crippen molar-refractivity contribution in [3.8, 4) is 0 Å². The van der Waals surface area contributed by atoms with E-state index in [1.54, 1.807) is 19.1 Å². The van der Waals surface area contributed by atoms with Crippen LogP contribution in [0.4, 0.5) is 0 Å². The Labute approximate surface area is 82.9 Å². The number of carbonyl (C=O) groups is 1. The summed E-state index contributed by atoms with van der Waals surface area (Å²) in [6.45, 7) is 3.62. The second-order valence-corrected chi connectivity index (χ2v) is 3.17. The standard InChI is InChI=1S/C10H15NO3/c1-3-8(6-12)11-10(13)9-5-4-7(2)14-9/h4-5,8,12H,3,6H2,1-2H3,(H,11,13)/t8-/m0/s1. The fraction of sp³-hybridized carbons (Fsp3) is 0.500. The summed E-state index contributed by atoms with van der Waals surface area (Å²) in [6.07, 6.45) is 0.696. The topological polar surface area (TPSA) is 62.5 Å². The molecule has 0 unspecified atom stereocenters. The van der Waals surface area contributed by atoms with E-state index >= 15 is 0 Å². The molecular formula is C10H15NO3. The van der Waals surface area contributed by atoms with Crippen LogP contribution in [0.5, 0.6) is 0 Å². The number of hydrogen-bond donors (Lipinski definition) is 2. The van der Waals surface area contributed by atoms with Gasteiger partial charge in [0.15, 0.2) is 5.76 Å². The van der Waals surface area contributed by atoms with Gasteiger partial charge in [0.05, 0.1) is 12.6 Å². The van der Waals surface area contributed by atoms with Gasteiger partial charge in [-0.2, -0.15) is 0 Å². The van der Waals surface area contributed by atoms with E-state index in [1.807, 2.05) is 6.92 Å². The normalized spacial score (nSPS) is 12.5. The molecule has 1 aromatic rings. The number of aliphatic hydroxyl groups excluding tert-OH is 1. The van der Waals surface area contributed by atoms with E-state index in [1.165, 1.54) is 0 Å². The molecule has 0 bridgehead atoms. The number of hydrogen-bond acceptors (Lipinski definition) is 3. The molecule has 2 N–H and O–H groups in total. The van der Waals surface area contributed by atoms with Crippen molar-refractivity contribution in [3.63, 3.8) is 0 Å². The van der Waals surface area contributed by atoms with Gasteiger partial charge in [-0.15, -0.1) is 0 Å². The van der Waals surface area contributed by atoms with Crippen LogP contribution >= 0.6 is 0 Å². The van der Waals surface area contributed by atoms with Crippen LogP contribution in [0.2, 0.25) is 0 Å². The van der Waals surface area contributed by atoms with Crippen molar-refractivity contribution < 1.29 is 14.3 Å². The van der Waals surface area contributed by atoms with Crippen LogP contribution in [0.25, 0.3) is 0 Å². The summed E-state index contributed by atoms with van der Waals surface area (Å²) in [4.78, 5) is 11.5. The van der Waals surface area contributed by atoms with Crippen LogP contribution in [0.15, 0.2) is 16.5 Å². The first kappa shape index (κ1) is 10.8. The molecule has 0 radical (unpaired) electrons. The molecule has 0 aliphatic rings. The Morgan fingerprint density at radius 1 is 1.64 bits per heavy atom. The molecular weight excluding hydrogens is 182 g/mol. The molecule has 0 fully saturated rings. The van der Waals surface area contributed by atoms with E-state index in [0.29, 0.717) is 12.2 Å². The number of aliphatic hydroxyl groups is 1. The summed E-state index contributed by atoms with van der Waals surface area (Å²) in [5.74, 6) is 0.709. The molecule has 0 saturated heterocycles. The van der Waals surface area contributed by atoms with Gasteiger partial charge in [0, 0.05) is 0 Å². The Bertz CT molecular complexity index is 302. The average Bonchev–Trinajstić information content (AvgIpc) is 2.61. The number of furan rings is 1. The van der Waals surface area contributed by atoms with E-state index in [4.69, 9.17) is 9.52 Å². The van der Waals surface area contributed by atoms with Crippen LogP contribution in [0.1, 0.15) is 29.7 Å². The van der Waals surface area contributed by atoms with E-state index in [-0.39, 0.29) is 24.3 Å². The number of aryl methyl sites for hydroxylation is 1. The lowest BCUT2D eigenvalue weighted by Crippen LogP contribution is -2.36. The van der Waals surface area contributed by atoms with Crippen molar-refractivity contribution in [3.05, 3.63) is 23.7 Å². The summed E-state index contributed by atoms with van der Waals surface area (Å²) in [5, 5.41) is 11.5. The summed E-state index contributed by atoms with van der Waals surface area (Å²) < 4.78 is 5.14. The Kier molecular flexibility index (Phi) is 3.71. The summed E-state index contributed by atoms with van der Waals surface area (Å²) in [5.41, 5.74) is 0. The Morgan fingerprint density at radius 2 is 2.36 bits per heavy atom. The molecule has 0 saturated carbocycles. The lowest BCUT2D eigenvalue weighted by atomic mass is 10.2. The molecule has 1 heterocycles. The van der Waals surface area contributed by atoms with Gasteiger partial charge < -0.3 is 14.8 Å². The molecule has 1 amide bonds. The SMILES string of the molecule is CC[C@@H](CO)NC(=O)c1ccc(C)o1. The zero-order chi connectivity index (χ0) is 10.6. The first-order valence-corrected chi connectivity index (χ1v) is 4.65. The molecule has 0 aliphatic heterocycles. The smallest absolute Gasteiger partial charge is 0.287 e. The maximum Gasteiger partial charge on any atom is 0.287 e. The fourth-order valence-electron chi connectivity index (χ4n) is 1.09. The molecule has 0 spiro atoms. The number of carbonyl (C=O) groups excluding carboxylic acids is 1. The van der Waals surface area contributed by atoms with Gasteiger partial charge in [0.2, 0.25) is 0 Å². The van der Waals surface area contributed by atoms with Gasteiger partial charge >= 0.3 is 0 Å². The van der Waals surface area contributed by atoms with Gasteiger partial charge in [-0.05, 0) is 25.5 Å². The molecule has 4 nitrogen and oxygen atoms in total. The maximum atomic E-state index is 11.5. The molecule has 78 valence electrons. The van der Waals surface area contributed by atoms with Crippen LogP contribution in [-0.2, 0) is 0 Å². The van der Waals surface area contributed by atoms with Crippen molar-refractivity contribution >= 4 is 5.91 Å².